The minimum absolute atomic E-state index is 0.0121. The number of rotatable bonds is 5. The number of hydrogen-bond acceptors (Lipinski definition) is 7. The molecule has 2 saturated heterocycles. The third kappa shape index (κ3) is 7.74. The highest BCUT2D eigenvalue weighted by Gasteiger charge is 2.43. The summed E-state index contributed by atoms with van der Waals surface area (Å²) >= 11 is 0. The van der Waals surface area contributed by atoms with Gasteiger partial charge in [0.05, 0.1) is 11.5 Å². The van der Waals surface area contributed by atoms with Crippen LogP contribution in [0.1, 0.15) is 142 Å². The first-order valence-corrected chi connectivity index (χ1v) is 16.4. The number of carbonyl (C=O) groups is 2. The summed E-state index contributed by atoms with van der Waals surface area (Å²) in [6.45, 7) is 17.4. The molecule has 5 rings (SSSR count). The quantitative estimate of drug-likeness (QED) is 0.374. The van der Waals surface area contributed by atoms with Gasteiger partial charge in [0.15, 0.2) is 0 Å². The van der Waals surface area contributed by atoms with E-state index in [9.17, 15) is 9.59 Å². The molecule has 42 heavy (non-hydrogen) atoms. The van der Waals surface area contributed by atoms with E-state index in [0.717, 1.165) is 69.9 Å². The van der Waals surface area contributed by atoms with Crippen molar-refractivity contribution in [1.82, 2.24) is 15.6 Å². The van der Waals surface area contributed by atoms with Crippen LogP contribution < -0.4 is 10.6 Å². The van der Waals surface area contributed by atoms with Crippen LogP contribution in [0.25, 0.3) is 0 Å². The second kappa shape index (κ2) is 11.5. The second-order valence-corrected chi connectivity index (χ2v) is 16.7. The number of piperidine rings is 2. The Hall–Kier alpha value is -1.99. The lowest BCUT2D eigenvalue weighted by Crippen LogP contribution is -2.59. The van der Waals surface area contributed by atoms with Crippen LogP contribution in [0.5, 0.6) is 0 Å². The van der Waals surface area contributed by atoms with Crippen molar-refractivity contribution < 1.29 is 19.1 Å². The molecule has 0 aromatic carbocycles. The van der Waals surface area contributed by atoms with Crippen molar-refractivity contribution in [3.63, 3.8) is 0 Å². The maximum Gasteiger partial charge on any atom is 0.339 e. The van der Waals surface area contributed by atoms with E-state index in [2.05, 4.69) is 66.0 Å². The summed E-state index contributed by atoms with van der Waals surface area (Å²) in [4.78, 5) is 30.9. The third-order valence-electron chi connectivity index (χ3n) is 10.2. The smallest absolute Gasteiger partial charge is 0.339 e. The Bertz CT molecular complexity index is 1110. The summed E-state index contributed by atoms with van der Waals surface area (Å²) in [5, 5.41) is 7.32. The van der Waals surface area contributed by atoms with E-state index in [0.29, 0.717) is 23.3 Å². The molecule has 1 aromatic rings. The van der Waals surface area contributed by atoms with Gasteiger partial charge in [-0.15, -0.1) is 0 Å². The lowest BCUT2D eigenvalue weighted by molar-refractivity contribution is -0.160. The van der Waals surface area contributed by atoms with Crippen LogP contribution in [-0.4, -0.2) is 51.3 Å². The fourth-order valence-corrected chi connectivity index (χ4v) is 9.24. The van der Waals surface area contributed by atoms with Crippen LogP contribution in [0, 0.1) is 17.8 Å². The van der Waals surface area contributed by atoms with Gasteiger partial charge in [-0.3, -0.25) is 9.78 Å². The molecular weight excluding hydrogens is 526 g/mol. The van der Waals surface area contributed by atoms with Crippen molar-refractivity contribution >= 4 is 11.9 Å². The van der Waals surface area contributed by atoms with Gasteiger partial charge in [-0.25, -0.2) is 4.79 Å². The van der Waals surface area contributed by atoms with Crippen molar-refractivity contribution in [2.75, 3.05) is 0 Å². The molecule has 234 valence electrons. The second-order valence-electron chi connectivity index (χ2n) is 16.7. The van der Waals surface area contributed by atoms with Crippen LogP contribution in [0.2, 0.25) is 0 Å². The van der Waals surface area contributed by atoms with Gasteiger partial charge < -0.3 is 20.1 Å². The molecule has 0 radical (unpaired) electrons. The summed E-state index contributed by atoms with van der Waals surface area (Å²) in [5.41, 5.74) is 1.39. The Morgan fingerprint density at radius 1 is 0.714 bits per heavy atom. The number of carbonyl (C=O) groups excluding carboxylic acids is 2. The average Bonchev–Trinajstić information content (AvgIpc) is 2.84. The Morgan fingerprint density at radius 3 is 1.79 bits per heavy atom. The molecule has 4 fully saturated rings. The number of pyridine rings is 1. The molecule has 3 heterocycles. The normalized spacial score (nSPS) is 32.4. The van der Waals surface area contributed by atoms with Crippen molar-refractivity contribution in [2.24, 2.45) is 17.8 Å². The Balaban J connectivity index is 1.11. The fraction of sp³-hybridized carbons (Fsp3) is 0.800. The molecule has 4 aliphatic rings. The van der Waals surface area contributed by atoms with E-state index in [1.165, 1.54) is 0 Å². The number of hydrogen-bond donors (Lipinski definition) is 2. The van der Waals surface area contributed by atoms with Crippen LogP contribution in [0.3, 0.4) is 0 Å². The summed E-state index contributed by atoms with van der Waals surface area (Å²) in [6, 6.07) is 3.92. The number of ether oxygens (including phenoxy) is 2. The number of aromatic nitrogens is 1. The molecule has 2 N–H and O–H groups in total. The molecule has 0 spiro atoms. The standard InChI is InChI=1S/C35H55N3O4/c1-32(2)17-27(18-33(3,4)37-32)41-30(39)25-12-10-22-15-24(11-9-23(22)16-25)29-14-13-26(21-36-29)31(40)42-28-19-34(5,6)38-35(7,8)20-28/h13-14,21-25,27-28,37-38H,9-12,15-20H2,1-8H3. The molecule has 0 amide bonds. The lowest BCUT2D eigenvalue weighted by atomic mass is 9.64. The third-order valence-corrected chi connectivity index (χ3v) is 10.2. The van der Waals surface area contributed by atoms with Gasteiger partial charge in [-0.05, 0) is 118 Å². The van der Waals surface area contributed by atoms with Crippen molar-refractivity contribution in [1.29, 1.82) is 0 Å². The molecule has 2 saturated carbocycles. The number of nitrogens with one attached hydrogen (secondary N) is 2. The Kier molecular flexibility index (Phi) is 8.61. The molecule has 7 nitrogen and oxygen atoms in total. The predicted molar refractivity (Wildman–Crippen MR) is 165 cm³/mol. The predicted octanol–water partition coefficient (Wildman–Crippen LogP) is 6.70. The van der Waals surface area contributed by atoms with Gasteiger partial charge in [-0.2, -0.15) is 0 Å². The van der Waals surface area contributed by atoms with Gasteiger partial charge in [0, 0.05) is 65.6 Å². The SMILES string of the molecule is CC1(C)CC(OC(=O)c2ccc(C3CCC4CC(C(=O)OC5CC(C)(C)NC(C)(C)C5)CCC4C3)nc2)CC(C)(C)N1. The number of nitrogens with zero attached hydrogens (tertiary/aromatic N) is 1. The van der Waals surface area contributed by atoms with E-state index in [4.69, 9.17) is 14.5 Å². The molecule has 4 unspecified atom stereocenters. The maximum absolute atomic E-state index is 13.2. The van der Waals surface area contributed by atoms with Gasteiger partial charge in [0.25, 0.3) is 0 Å². The molecule has 2 aliphatic carbocycles. The molecule has 0 bridgehead atoms. The zero-order valence-electron chi connectivity index (χ0n) is 27.3. The molecule has 7 heteroatoms. The van der Waals surface area contributed by atoms with E-state index in [1.807, 2.05) is 12.1 Å². The summed E-state index contributed by atoms with van der Waals surface area (Å²) < 4.78 is 12.1. The van der Waals surface area contributed by atoms with Gasteiger partial charge in [-0.1, -0.05) is 0 Å². The van der Waals surface area contributed by atoms with Gasteiger partial charge in [0.2, 0.25) is 0 Å². The molecule has 4 atom stereocenters. The molecular formula is C35H55N3O4. The van der Waals surface area contributed by atoms with E-state index < -0.39 is 0 Å². The van der Waals surface area contributed by atoms with Crippen LogP contribution in [0.4, 0.5) is 0 Å². The highest BCUT2D eigenvalue weighted by molar-refractivity contribution is 5.89. The first-order chi connectivity index (χ1) is 19.5. The molecule has 1 aromatic heterocycles. The van der Waals surface area contributed by atoms with Gasteiger partial charge in [0.1, 0.15) is 12.2 Å². The highest BCUT2D eigenvalue weighted by atomic mass is 16.5. The summed E-state index contributed by atoms with van der Waals surface area (Å²) in [5.74, 6) is 1.39. The topological polar surface area (TPSA) is 89.6 Å². The zero-order chi connectivity index (χ0) is 30.5. The maximum atomic E-state index is 13.2. The molecule has 2 aliphatic heterocycles. The number of fused-ring (bicyclic) bond motifs is 1. The Morgan fingerprint density at radius 2 is 1.24 bits per heavy atom. The zero-order valence-corrected chi connectivity index (χ0v) is 27.3. The van der Waals surface area contributed by atoms with Crippen molar-refractivity contribution in [3.05, 3.63) is 29.6 Å². The lowest BCUT2D eigenvalue weighted by Gasteiger charge is -2.46. The first-order valence-electron chi connectivity index (χ1n) is 16.4. The van der Waals surface area contributed by atoms with E-state index in [-0.39, 0.29) is 52.2 Å². The summed E-state index contributed by atoms with van der Waals surface area (Å²) in [7, 11) is 0. The minimum Gasteiger partial charge on any atom is -0.462 e. The largest absolute Gasteiger partial charge is 0.462 e. The van der Waals surface area contributed by atoms with Crippen molar-refractivity contribution in [2.45, 2.75) is 160 Å². The first kappa shape index (κ1) is 31.4. The van der Waals surface area contributed by atoms with Crippen LogP contribution in [-0.2, 0) is 14.3 Å². The monoisotopic (exact) mass is 581 g/mol. The summed E-state index contributed by atoms with van der Waals surface area (Å²) in [6.07, 6.45) is 11.2. The van der Waals surface area contributed by atoms with Crippen LogP contribution >= 0.6 is 0 Å². The fourth-order valence-electron chi connectivity index (χ4n) is 9.24. The highest BCUT2D eigenvalue weighted by Crippen LogP contribution is 2.48. The van der Waals surface area contributed by atoms with Crippen LogP contribution in [0.15, 0.2) is 18.3 Å². The Labute approximate surface area is 253 Å². The minimum atomic E-state index is -0.280. The van der Waals surface area contributed by atoms with E-state index in [1.54, 1.807) is 6.20 Å². The van der Waals surface area contributed by atoms with E-state index >= 15 is 0 Å². The average molecular weight is 582 g/mol. The van der Waals surface area contributed by atoms with Crippen molar-refractivity contribution in [3.8, 4) is 0 Å². The number of esters is 2. The van der Waals surface area contributed by atoms with Gasteiger partial charge >= 0.3 is 11.9 Å².